The van der Waals surface area contributed by atoms with E-state index < -0.39 is 0 Å². The fraction of sp³-hybridized carbons (Fsp3) is 0.368. The number of hydrogen-bond donors (Lipinski definition) is 1. The summed E-state index contributed by atoms with van der Waals surface area (Å²) in [7, 11) is 3.26. The van der Waals surface area contributed by atoms with Crippen molar-refractivity contribution >= 4 is 11.7 Å². The number of hydrogen-bond acceptors (Lipinski definition) is 6. The molecule has 6 heteroatoms. The molecule has 4 rings (SSSR count). The molecule has 6 nitrogen and oxygen atoms in total. The summed E-state index contributed by atoms with van der Waals surface area (Å²) < 4.78 is 16.5. The molecule has 1 aliphatic carbocycles. The molecule has 0 fully saturated rings. The Kier molecular flexibility index (Phi) is 3.75. The minimum absolute atomic E-state index is 0.162. The van der Waals surface area contributed by atoms with Gasteiger partial charge >= 0.3 is 0 Å². The summed E-state index contributed by atoms with van der Waals surface area (Å²) in [6.45, 7) is 1.89. The normalized spacial score (nSPS) is 19.2. The van der Waals surface area contributed by atoms with Crippen LogP contribution < -0.4 is 14.8 Å². The summed E-state index contributed by atoms with van der Waals surface area (Å²) >= 11 is 0. The maximum Gasteiger partial charge on any atom is 0.233 e. The lowest BCUT2D eigenvalue weighted by Gasteiger charge is -2.32. The number of ketones is 1. The van der Waals surface area contributed by atoms with Gasteiger partial charge in [0.05, 0.1) is 31.4 Å². The Morgan fingerprint density at radius 2 is 2.08 bits per heavy atom. The highest BCUT2D eigenvalue weighted by Crippen LogP contribution is 2.49. The first-order valence-electron chi connectivity index (χ1n) is 8.35. The fourth-order valence-electron chi connectivity index (χ4n) is 3.79. The molecule has 1 aromatic heterocycles. The van der Waals surface area contributed by atoms with Crippen molar-refractivity contribution < 1.29 is 18.8 Å². The Morgan fingerprint density at radius 1 is 1.24 bits per heavy atom. The van der Waals surface area contributed by atoms with Crippen LogP contribution in [0.2, 0.25) is 0 Å². The first-order chi connectivity index (χ1) is 12.1. The van der Waals surface area contributed by atoms with Crippen LogP contribution in [0.4, 0.5) is 5.88 Å². The third-order valence-corrected chi connectivity index (χ3v) is 4.95. The van der Waals surface area contributed by atoms with Gasteiger partial charge in [-0.3, -0.25) is 4.79 Å². The molecular weight excluding hydrogens is 320 g/mol. The molecule has 1 aliphatic heterocycles. The minimum Gasteiger partial charge on any atom is -0.497 e. The standard InChI is InChI=1S/C19H20N2O4/c1-10-16-17(12-9-11(23-2)7-8-15(12)24-3)18-13(5-4-6-14(18)22)20-19(16)25-21-10/h7-9,17,20H,4-6H2,1-3H3/t17-/m0/s1. The second-order valence-electron chi connectivity index (χ2n) is 6.35. The molecule has 0 unspecified atom stereocenters. The topological polar surface area (TPSA) is 73.6 Å². The first-order valence-corrected chi connectivity index (χ1v) is 8.35. The molecule has 1 aromatic carbocycles. The number of nitrogens with zero attached hydrogens (tertiary/aromatic N) is 1. The summed E-state index contributed by atoms with van der Waals surface area (Å²) in [5.74, 6) is 1.94. The zero-order valence-electron chi connectivity index (χ0n) is 14.5. The van der Waals surface area contributed by atoms with Crippen LogP contribution in [0.3, 0.4) is 0 Å². The molecule has 0 saturated carbocycles. The molecule has 25 heavy (non-hydrogen) atoms. The summed E-state index contributed by atoms with van der Waals surface area (Å²) in [6.07, 6.45) is 2.22. The molecule has 1 N–H and O–H groups in total. The van der Waals surface area contributed by atoms with E-state index >= 15 is 0 Å². The molecule has 130 valence electrons. The number of rotatable bonds is 3. The molecule has 0 bridgehead atoms. The van der Waals surface area contributed by atoms with Crippen LogP contribution in [0.5, 0.6) is 11.5 Å². The number of allylic oxidation sites excluding steroid dienone is 2. The van der Waals surface area contributed by atoms with Gasteiger partial charge in [-0.05, 0) is 38.0 Å². The number of ether oxygens (including phenoxy) is 2. The first kappa shape index (κ1) is 15.7. The maximum absolute atomic E-state index is 12.8. The van der Waals surface area contributed by atoms with Crippen LogP contribution in [-0.4, -0.2) is 25.2 Å². The average molecular weight is 340 g/mol. The number of anilines is 1. The Morgan fingerprint density at radius 3 is 2.84 bits per heavy atom. The SMILES string of the molecule is COc1ccc(OC)c([C@@H]2C3=C(CCCC3=O)Nc3onc(C)c32)c1. The monoisotopic (exact) mass is 340 g/mol. The van der Waals surface area contributed by atoms with Crippen molar-refractivity contribution in [1.29, 1.82) is 0 Å². The molecule has 1 atom stereocenters. The molecule has 2 aliphatic rings. The van der Waals surface area contributed by atoms with Crippen molar-refractivity contribution in [3.63, 3.8) is 0 Å². The van der Waals surface area contributed by atoms with Crippen LogP contribution in [-0.2, 0) is 4.79 Å². The Balaban J connectivity index is 1.99. The van der Waals surface area contributed by atoms with E-state index in [1.54, 1.807) is 14.2 Å². The molecule has 2 heterocycles. The van der Waals surface area contributed by atoms with E-state index in [1.165, 1.54) is 0 Å². The smallest absolute Gasteiger partial charge is 0.233 e. The van der Waals surface area contributed by atoms with Gasteiger partial charge in [0.2, 0.25) is 5.88 Å². The molecule has 0 radical (unpaired) electrons. The third-order valence-electron chi connectivity index (χ3n) is 4.95. The van der Waals surface area contributed by atoms with Crippen molar-refractivity contribution in [2.24, 2.45) is 0 Å². The zero-order valence-corrected chi connectivity index (χ0v) is 14.5. The van der Waals surface area contributed by atoms with Crippen LogP contribution in [0.25, 0.3) is 0 Å². The highest BCUT2D eigenvalue weighted by atomic mass is 16.5. The van der Waals surface area contributed by atoms with Gasteiger partial charge < -0.3 is 19.3 Å². The Bertz CT molecular complexity index is 882. The highest BCUT2D eigenvalue weighted by molar-refractivity contribution is 6.01. The lowest BCUT2D eigenvalue weighted by Crippen LogP contribution is -2.26. The second-order valence-corrected chi connectivity index (χ2v) is 6.35. The third kappa shape index (κ3) is 2.40. The van der Waals surface area contributed by atoms with Gasteiger partial charge in [0.1, 0.15) is 11.5 Å². The number of aromatic nitrogens is 1. The number of fused-ring (bicyclic) bond motifs is 1. The number of Topliss-reactive ketones (excluding diaryl/α,β-unsaturated/α-hetero) is 1. The van der Waals surface area contributed by atoms with Crippen LogP contribution in [0.15, 0.2) is 34.0 Å². The largest absolute Gasteiger partial charge is 0.497 e. The number of carbonyl (C=O) groups is 1. The van der Waals surface area contributed by atoms with E-state index in [2.05, 4.69) is 10.5 Å². The van der Waals surface area contributed by atoms with E-state index in [9.17, 15) is 4.79 Å². The summed E-state index contributed by atoms with van der Waals surface area (Å²) in [4.78, 5) is 12.8. The summed E-state index contributed by atoms with van der Waals surface area (Å²) in [5, 5.41) is 7.38. The van der Waals surface area contributed by atoms with Crippen LogP contribution in [0.1, 0.15) is 42.0 Å². The summed E-state index contributed by atoms with van der Waals surface area (Å²) in [5.41, 5.74) is 4.26. The highest BCUT2D eigenvalue weighted by Gasteiger charge is 2.39. The molecule has 0 saturated heterocycles. The predicted octanol–water partition coefficient (Wildman–Crippen LogP) is 3.56. The van der Waals surface area contributed by atoms with Gasteiger partial charge in [-0.2, -0.15) is 0 Å². The van der Waals surface area contributed by atoms with Crippen molar-refractivity contribution in [2.75, 3.05) is 19.5 Å². The van der Waals surface area contributed by atoms with Gasteiger partial charge in [-0.15, -0.1) is 0 Å². The van der Waals surface area contributed by atoms with Crippen molar-refractivity contribution in [2.45, 2.75) is 32.1 Å². The van der Waals surface area contributed by atoms with Gasteiger partial charge in [0.15, 0.2) is 5.78 Å². The quantitative estimate of drug-likeness (QED) is 0.921. The van der Waals surface area contributed by atoms with E-state index in [0.29, 0.717) is 18.1 Å². The van der Waals surface area contributed by atoms with E-state index in [1.807, 2.05) is 25.1 Å². The molecular formula is C19H20N2O4. The molecule has 0 amide bonds. The van der Waals surface area contributed by atoms with Gasteiger partial charge in [-0.1, -0.05) is 5.16 Å². The Labute approximate surface area is 145 Å². The number of aryl methyl sites for hydroxylation is 1. The number of nitrogens with one attached hydrogen (secondary N) is 1. The number of methoxy groups -OCH3 is 2. The number of benzene rings is 1. The zero-order chi connectivity index (χ0) is 17.6. The minimum atomic E-state index is -0.268. The van der Waals surface area contributed by atoms with Gasteiger partial charge in [0, 0.05) is 23.3 Å². The van der Waals surface area contributed by atoms with Gasteiger partial charge in [0.25, 0.3) is 0 Å². The van der Waals surface area contributed by atoms with Crippen molar-refractivity contribution in [3.8, 4) is 11.5 Å². The predicted molar refractivity (Wildman–Crippen MR) is 92.1 cm³/mol. The van der Waals surface area contributed by atoms with Crippen molar-refractivity contribution in [1.82, 2.24) is 5.16 Å². The second kappa shape index (κ2) is 5.95. The lowest BCUT2D eigenvalue weighted by molar-refractivity contribution is -0.116. The summed E-state index contributed by atoms with van der Waals surface area (Å²) in [6, 6.07) is 5.65. The van der Waals surface area contributed by atoms with E-state index in [4.69, 9.17) is 14.0 Å². The molecule has 2 aromatic rings. The Hall–Kier alpha value is -2.76. The average Bonchev–Trinajstić information content (AvgIpc) is 3.00. The van der Waals surface area contributed by atoms with Crippen LogP contribution >= 0.6 is 0 Å². The van der Waals surface area contributed by atoms with Crippen LogP contribution in [0, 0.1) is 6.92 Å². The van der Waals surface area contributed by atoms with E-state index in [-0.39, 0.29) is 11.7 Å². The van der Waals surface area contributed by atoms with Crippen molar-refractivity contribution in [3.05, 3.63) is 46.3 Å². The maximum atomic E-state index is 12.8. The fourth-order valence-corrected chi connectivity index (χ4v) is 3.79. The lowest BCUT2D eigenvalue weighted by atomic mass is 9.76. The van der Waals surface area contributed by atoms with E-state index in [0.717, 1.165) is 46.7 Å². The van der Waals surface area contributed by atoms with Gasteiger partial charge in [-0.25, -0.2) is 0 Å². The number of carbonyl (C=O) groups excluding carboxylic acids is 1. The molecule has 0 spiro atoms.